The molecule has 0 radical (unpaired) electrons. The lowest BCUT2D eigenvalue weighted by Crippen LogP contribution is -2.35. The third-order valence-corrected chi connectivity index (χ3v) is 5.13. The minimum atomic E-state index is 0.217. The second kappa shape index (κ2) is 4.52. The first kappa shape index (κ1) is 11.9. The summed E-state index contributed by atoms with van der Waals surface area (Å²) in [6, 6.07) is 0. The lowest BCUT2D eigenvalue weighted by Gasteiger charge is -2.30. The van der Waals surface area contributed by atoms with Crippen LogP contribution < -0.4 is 5.73 Å². The molecule has 2 heterocycles. The molecule has 0 aromatic rings. The van der Waals surface area contributed by atoms with Crippen LogP contribution in [0.2, 0.25) is 0 Å². The van der Waals surface area contributed by atoms with E-state index in [1.807, 2.05) is 0 Å². The summed E-state index contributed by atoms with van der Waals surface area (Å²) in [6.07, 6.45) is 10.5. The zero-order valence-corrected chi connectivity index (χ0v) is 10.7. The van der Waals surface area contributed by atoms with Crippen molar-refractivity contribution in [3.05, 3.63) is 0 Å². The van der Waals surface area contributed by atoms with Crippen molar-refractivity contribution in [3.8, 4) is 0 Å². The van der Waals surface area contributed by atoms with E-state index in [0.29, 0.717) is 6.10 Å². The standard InChI is InChI=1S/C14H25NO2/c15-10-13(7-8-16-11-13)9-12-3-6-14(17-12)4-1-2-5-14/h12H,1-11,15H2. The number of hydrogen-bond donors (Lipinski definition) is 1. The van der Waals surface area contributed by atoms with Crippen molar-refractivity contribution in [1.29, 1.82) is 0 Å². The average molecular weight is 239 g/mol. The molecule has 0 bridgehead atoms. The van der Waals surface area contributed by atoms with Gasteiger partial charge in [-0.15, -0.1) is 0 Å². The molecule has 3 nitrogen and oxygen atoms in total. The molecular formula is C14H25NO2. The van der Waals surface area contributed by atoms with E-state index in [2.05, 4.69) is 0 Å². The summed E-state index contributed by atoms with van der Waals surface area (Å²) in [4.78, 5) is 0. The van der Waals surface area contributed by atoms with Gasteiger partial charge in [0.2, 0.25) is 0 Å². The van der Waals surface area contributed by atoms with Crippen LogP contribution in [0.3, 0.4) is 0 Å². The Hall–Kier alpha value is -0.120. The molecule has 2 N–H and O–H groups in total. The Morgan fingerprint density at radius 2 is 1.94 bits per heavy atom. The molecule has 0 aromatic carbocycles. The molecule has 17 heavy (non-hydrogen) atoms. The number of ether oxygens (including phenoxy) is 2. The number of rotatable bonds is 3. The highest BCUT2D eigenvalue weighted by Gasteiger charge is 2.45. The van der Waals surface area contributed by atoms with Crippen molar-refractivity contribution in [1.82, 2.24) is 0 Å². The lowest BCUT2D eigenvalue weighted by atomic mass is 9.81. The molecule has 2 aliphatic heterocycles. The van der Waals surface area contributed by atoms with Crippen molar-refractivity contribution >= 4 is 0 Å². The fourth-order valence-corrected chi connectivity index (χ4v) is 3.96. The van der Waals surface area contributed by atoms with E-state index in [0.717, 1.165) is 32.6 Å². The molecule has 3 heteroatoms. The summed E-state index contributed by atoms with van der Waals surface area (Å²) in [5.74, 6) is 0. The highest BCUT2D eigenvalue weighted by molar-refractivity contribution is 4.96. The average Bonchev–Trinajstić information content (AvgIpc) is 3.04. The van der Waals surface area contributed by atoms with Gasteiger partial charge in [-0.1, -0.05) is 12.8 Å². The van der Waals surface area contributed by atoms with Gasteiger partial charge in [0.05, 0.1) is 18.3 Å². The summed E-state index contributed by atoms with van der Waals surface area (Å²) in [5, 5.41) is 0. The monoisotopic (exact) mass is 239 g/mol. The van der Waals surface area contributed by atoms with Crippen LogP contribution in [-0.4, -0.2) is 31.5 Å². The maximum atomic E-state index is 6.39. The first-order valence-corrected chi connectivity index (χ1v) is 7.22. The van der Waals surface area contributed by atoms with Crippen molar-refractivity contribution in [2.75, 3.05) is 19.8 Å². The van der Waals surface area contributed by atoms with Gasteiger partial charge < -0.3 is 15.2 Å². The summed E-state index contributed by atoms with van der Waals surface area (Å²) >= 11 is 0. The van der Waals surface area contributed by atoms with Gasteiger partial charge in [-0.3, -0.25) is 0 Å². The van der Waals surface area contributed by atoms with E-state index in [9.17, 15) is 0 Å². The van der Waals surface area contributed by atoms with Gasteiger partial charge in [0.25, 0.3) is 0 Å². The van der Waals surface area contributed by atoms with Crippen LogP contribution in [0, 0.1) is 5.41 Å². The fourth-order valence-electron chi connectivity index (χ4n) is 3.96. The van der Waals surface area contributed by atoms with E-state index in [-0.39, 0.29) is 11.0 Å². The van der Waals surface area contributed by atoms with E-state index >= 15 is 0 Å². The van der Waals surface area contributed by atoms with E-state index in [1.54, 1.807) is 0 Å². The highest BCUT2D eigenvalue weighted by Crippen LogP contribution is 2.46. The van der Waals surface area contributed by atoms with Gasteiger partial charge in [-0.25, -0.2) is 0 Å². The van der Waals surface area contributed by atoms with Crippen LogP contribution in [-0.2, 0) is 9.47 Å². The largest absolute Gasteiger partial charge is 0.381 e. The summed E-state index contributed by atoms with van der Waals surface area (Å²) in [7, 11) is 0. The minimum absolute atomic E-state index is 0.217. The zero-order chi connectivity index (χ0) is 11.8. The van der Waals surface area contributed by atoms with Crippen LogP contribution >= 0.6 is 0 Å². The molecule has 3 rings (SSSR count). The fraction of sp³-hybridized carbons (Fsp3) is 1.00. The molecule has 98 valence electrons. The third-order valence-electron chi connectivity index (χ3n) is 5.13. The molecular weight excluding hydrogens is 214 g/mol. The number of hydrogen-bond acceptors (Lipinski definition) is 3. The minimum Gasteiger partial charge on any atom is -0.381 e. The molecule has 1 spiro atoms. The summed E-state index contributed by atoms with van der Waals surface area (Å²) < 4.78 is 11.9. The number of nitrogens with two attached hydrogens (primary N) is 1. The Labute approximate surface area is 104 Å². The van der Waals surface area contributed by atoms with Crippen molar-refractivity contribution in [2.45, 2.75) is 63.1 Å². The van der Waals surface area contributed by atoms with Crippen LogP contribution in [0.4, 0.5) is 0 Å². The second-order valence-electron chi connectivity index (χ2n) is 6.38. The maximum absolute atomic E-state index is 6.39. The Balaban J connectivity index is 1.59. The first-order valence-electron chi connectivity index (χ1n) is 7.22. The van der Waals surface area contributed by atoms with Gasteiger partial charge in [-0.2, -0.15) is 0 Å². The van der Waals surface area contributed by atoms with Crippen LogP contribution in [0.25, 0.3) is 0 Å². The van der Waals surface area contributed by atoms with Gasteiger partial charge >= 0.3 is 0 Å². The Kier molecular flexibility index (Phi) is 3.18. The Bertz CT molecular complexity index is 267. The molecule has 0 amide bonds. The van der Waals surface area contributed by atoms with Gasteiger partial charge in [0.1, 0.15) is 0 Å². The third kappa shape index (κ3) is 2.25. The SMILES string of the molecule is NCC1(CC2CCC3(CCCC3)O2)CCOC1. The normalized spacial score (nSPS) is 40.4. The highest BCUT2D eigenvalue weighted by atomic mass is 16.5. The lowest BCUT2D eigenvalue weighted by molar-refractivity contribution is -0.0534. The van der Waals surface area contributed by atoms with E-state index in [4.69, 9.17) is 15.2 Å². The molecule has 1 aliphatic carbocycles. The van der Waals surface area contributed by atoms with Crippen molar-refractivity contribution < 1.29 is 9.47 Å². The molecule has 2 saturated heterocycles. The van der Waals surface area contributed by atoms with Crippen LogP contribution in [0.15, 0.2) is 0 Å². The molecule has 3 aliphatic rings. The first-order chi connectivity index (χ1) is 8.26. The molecule has 0 aromatic heterocycles. The Morgan fingerprint density at radius 3 is 2.59 bits per heavy atom. The topological polar surface area (TPSA) is 44.5 Å². The van der Waals surface area contributed by atoms with Gasteiger partial charge in [-0.05, 0) is 38.5 Å². The summed E-state index contributed by atoms with van der Waals surface area (Å²) in [6.45, 7) is 2.48. The smallest absolute Gasteiger partial charge is 0.0687 e. The summed E-state index contributed by atoms with van der Waals surface area (Å²) in [5.41, 5.74) is 6.44. The molecule has 2 atom stereocenters. The quantitative estimate of drug-likeness (QED) is 0.821. The van der Waals surface area contributed by atoms with Crippen LogP contribution in [0.5, 0.6) is 0 Å². The Morgan fingerprint density at radius 1 is 1.12 bits per heavy atom. The van der Waals surface area contributed by atoms with E-state index in [1.165, 1.54) is 38.5 Å². The van der Waals surface area contributed by atoms with Crippen molar-refractivity contribution in [3.63, 3.8) is 0 Å². The van der Waals surface area contributed by atoms with Crippen LogP contribution in [0.1, 0.15) is 51.4 Å². The predicted molar refractivity (Wildman–Crippen MR) is 66.8 cm³/mol. The second-order valence-corrected chi connectivity index (χ2v) is 6.38. The predicted octanol–water partition coefficient (Wildman–Crippen LogP) is 2.23. The molecule has 3 fully saturated rings. The zero-order valence-electron chi connectivity index (χ0n) is 10.7. The molecule has 2 unspecified atom stereocenters. The molecule has 1 saturated carbocycles. The van der Waals surface area contributed by atoms with Gasteiger partial charge in [0.15, 0.2) is 0 Å². The maximum Gasteiger partial charge on any atom is 0.0687 e. The van der Waals surface area contributed by atoms with Crippen molar-refractivity contribution in [2.24, 2.45) is 11.1 Å². The van der Waals surface area contributed by atoms with E-state index < -0.39 is 0 Å². The van der Waals surface area contributed by atoms with Gasteiger partial charge in [0, 0.05) is 18.6 Å².